The van der Waals surface area contributed by atoms with E-state index in [0.717, 1.165) is 12.1 Å². The molecule has 1 N–H and O–H groups in total. The van der Waals surface area contributed by atoms with Crippen LogP contribution in [0.2, 0.25) is 0 Å². The van der Waals surface area contributed by atoms with E-state index >= 15 is 0 Å². The van der Waals surface area contributed by atoms with Crippen LogP contribution in [0.4, 0.5) is 4.79 Å². The second-order valence-corrected chi connectivity index (χ2v) is 8.87. The molecule has 0 saturated heterocycles. The molecule has 1 heterocycles. The molecular formula is C14H26N2O3S. The van der Waals surface area contributed by atoms with Crippen molar-refractivity contribution in [1.82, 2.24) is 9.62 Å². The molecule has 1 amide bonds. The van der Waals surface area contributed by atoms with Crippen molar-refractivity contribution in [2.45, 2.75) is 58.3 Å². The van der Waals surface area contributed by atoms with Crippen LogP contribution >= 0.6 is 0 Å². The fourth-order valence-corrected chi connectivity index (χ4v) is 2.38. The molecule has 0 saturated carbocycles. The normalized spacial score (nSPS) is 17.9. The summed E-state index contributed by atoms with van der Waals surface area (Å²) >= 11 is 0. The van der Waals surface area contributed by atoms with E-state index in [-0.39, 0.29) is 10.8 Å². The topological polar surface area (TPSA) is 58.6 Å². The number of hydrogen-bond donors (Lipinski definition) is 1. The zero-order chi connectivity index (χ0) is 15.6. The highest BCUT2D eigenvalue weighted by atomic mass is 32.2. The third-order valence-corrected chi connectivity index (χ3v) is 4.15. The Bertz CT molecular complexity index is 419. The van der Waals surface area contributed by atoms with Crippen LogP contribution in [-0.2, 0) is 15.7 Å². The van der Waals surface area contributed by atoms with Crippen molar-refractivity contribution in [2.24, 2.45) is 0 Å². The van der Waals surface area contributed by atoms with Crippen molar-refractivity contribution in [3.63, 3.8) is 0 Å². The quantitative estimate of drug-likeness (QED) is 0.871. The minimum Gasteiger partial charge on any atom is -0.443 e. The predicted molar refractivity (Wildman–Crippen MR) is 81.5 cm³/mol. The third-order valence-electron chi connectivity index (χ3n) is 2.63. The summed E-state index contributed by atoms with van der Waals surface area (Å²) < 4.78 is 20.0. The molecule has 1 unspecified atom stereocenters. The molecule has 116 valence electrons. The van der Waals surface area contributed by atoms with Gasteiger partial charge in [-0.1, -0.05) is 6.08 Å². The van der Waals surface area contributed by atoms with Crippen molar-refractivity contribution in [3.8, 4) is 0 Å². The van der Waals surface area contributed by atoms with Gasteiger partial charge in [0.2, 0.25) is 0 Å². The van der Waals surface area contributed by atoms with E-state index in [9.17, 15) is 9.00 Å². The van der Waals surface area contributed by atoms with E-state index in [1.54, 1.807) is 4.90 Å². The van der Waals surface area contributed by atoms with Crippen LogP contribution in [0.25, 0.3) is 0 Å². The average Bonchev–Trinajstić information content (AvgIpc) is 2.70. The number of amides is 1. The largest absolute Gasteiger partial charge is 0.443 e. The number of carbonyl (C=O) groups excluding carboxylic acids is 1. The SMILES string of the molecule is CC(C)(C)OC(=O)N1CCC=C1CNS(=O)C(C)(C)C. The Morgan fingerprint density at radius 3 is 2.45 bits per heavy atom. The van der Waals surface area contributed by atoms with Gasteiger partial charge >= 0.3 is 6.09 Å². The van der Waals surface area contributed by atoms with Gasteiger partial charge in [-0.3, -0.25) is 4.90 Å². The first kappa shape index (κ1) is 17.2. The molecule has 0 bridgehead atoms. The molecule has 1 aliphatic rings. The van der Waals surface area contributed by atoms with E-state index < -0.39 is 16.6 Å². The third kappa shape index (κ3) is 5.25. The van der Waals surface area contributed by atoms with Gasteiger partial charge in [0.25, 0.3) is 0 Å². The van der Waals surface area contributed by atoms with E-state index in [0.29, 0.717) is 13.1 Å². The molecule has 0 aliphatic carbocycles. The first-order chi connectivity index (χ1) is 9.00. The molecule has 5 nitrogen and oxygen atoms in total. The lowest BCUT2D eigenvalue weighted by molar-refractivity contribution is 0.0328. The van der Waals surface area contributed by atoms with Gasteiger partial charge in [-0.05, 0) is 48.0 Å². The van der Waals surface area contributed by atoms with Gasteiger partial charge in [0.05, 0.1) is 15.7 Å². The van der Waals surface area contributed by atoms with Crippen molar-refractivity contribution >= 4 is 17.1 Å². The zero-order valence-corrected chi connectivity index (χ0v) is 14.1. The Morgan fingerprint density at radius 2 is 1.95 bits per heavy atom. The van der Waals surface area contributed by atoms with Gasteiger partial charge in [-0.15, -0.1) is 0 Å². The summed E-state index contributed by atoms with van der Waals surface area (Å²) in [6.07, 6.45) is 2.44. The lowest BCUT2D eigenvalue weighted by Crippen LogP contribution is -2.39. The number of hydrogen-bond acceptors (Lipinski definition) is 3. The lowest BCUT2D eigenvalue weighted by atomic mass is 10.2. The summed E-state index contributed by atoms with van der Waals surface area (Å²) in [6, 6.07) is 0. The second kappa shape index (κ2) is 6.26. The second-order valence-electron chi connectivity index (χ2n) is 6.82. The Kier molecular flexibility index (Phi) is 5.38. The molecule has 0 aromatic rings. The van der Waals surface area contributed by atoms with E-state index in [2.05, 4.69) is 4.72 Å². The smallest absolute Gasteiger partial charge is 0.414 e. The van der Waals surface area contributed by atoms with Gasteiger partial charge in [0.15, 0.2) is 0 Å². The summed E-state index contributed by atoms with van der Waals surface area (Å²) in [5, 5.41) is 0. The summed E-state index contributed by atoms with van der Waals surface area (Å²) in [6.45, 7) is 12.3. The van der Waals surface area contributed by atoms with E-state index in [1.807, 2.05) is 47.6 Å². The molecular weight excluding hydrogens is 276 g/mol. The molecule has 20 heavy (non-hydrogen) atoms. The molecule has 1 aliphatic heterocycles. The summed E-state index contributed by atoms with van der Waals surface area (Å²) in [4.78, 5) is 13.7. The van der Waals surface area contributed by atoms with Crippen LogP contribution in [0.15, 0.2) is 11.8 Å². The standard InChI is InChI=1S/C14H26N2O3S/c1-13(2,3)19-12(17)16-9-7-8-11(16)10-15-20(18)14(4,5)6/h8,15H,7,9-10H2,1-6H3. The molecule has 0 aromatic carbocycles. The van der Waals surface area contributed by atoms with Gasteiger partial charge in [0, 0.05) is 18.8 Å². The Balaban J connectivity index is 2.58. The molecule has 0 fully saturated rings. The minimum atomic E-state index is -1.15. The van der Waals surface area contributed by atoms with Gasteiger partial charge < -0.3 is 4.74 Å². The molecule has 0 radical (unpaired) electrons. The van der Waals surface area contributed by atoms with Crippen molar-refractivity contribution in [1.29, 1.82) is 0 Å². The van der Waals surface area contributed by atoms with Crippen LogP contribution < -0.4 is 4.72 Å². The number of rotatable bonds is 3. The van der Waals surface area contributed by atoms with Crippen molar-refractivity contribution < 1.29 is 13.7 Å². The van der Waals surface area contributed by atoms with Crippen molar-refractivity contribution in [2.75, 3.05) is 13.1 Å². The number of carbonyl (C=O) groups is 1. The Morgan fingerprint density at radius 1 is 1.35 bits per heavy atom. The fraction of sp³-hybridized carbons (Fsp3) is 0.786. The highest BCUT2D eigenvalue weighted by Crippen LogP contribution is 2.19. The zero-order valence-electron chi connectivity index (χ0n) is 13.3. The van der Waals surface area contributed by atoms with E-state index in [1.165, 1.54) is 0 Å². The van der Waals surface area contributed by atoms with E-state index in [4.69, 9.17) is 4.74 Å². The highest BCUT2D eigenvalue weighted by molar-refractivity contribution is 7.84. The van der Waals surface area contributed by atoms with Crippen LogP contribution in [-0.4, -0.2) is 38.6 Å². The monoisotopic (exact) mass is 302 g/mol. The number of nitrogens with zero attached hydrogens (tertiary/aromatic N) is 1. The molecule has 6 heteroatoms. The van der Waals surface area contributed by atoms with Crippen LogP contribution in [0.3, 0.4) is 0 Å². The average molecular weight is 302 g/mol. The Labute approximate surface area is 124 Å². The highest BCUT2D eigenvalue weighted by Gasteiger charge is 2.28. The maximum absolute atomic E-state index is 12.1. The number of ether oxygens (including phenoxy) is 1. The molecule has 1 rings (SSSR count). The fourth-order valence-electron chi connectivity index (χ4n) is 1.66. The van der Waals surface area contributed by atoms with Gasteiger partial charge in [-0.25, -0.2) is 13.7 Å². The first-order valence-electron chi connectivity index (χ1n) is 6.85. The Hall–Kier alpha value is -0.880. The predicted octanol–water partition coefficient (Wildman–Crippen LogP) is 2.56. The lowest BCUT2D eigenvalue weighted by Gasteiger charge is -2.27. The maximum atomic E-state index is 12.1. The molecule has 1 atom stereocenters. The summed E-state index contributed by atoms with van der Waals surface area (Å²) in [5.41, 5.74) is 0.323. The first-order valence-corrected chi connectivity index (χ1v) is 8.00. The van der Waals surface area contributed by atoms with Crippen LogP contribution in [0, 0.1) is 0 Å². The van der Waals surface area contributed by atoms with Gasteiger partial charge in [-0.2, -0.15) is 0 Å². The molecule has 0 aromatic heterocycles. The maximum Gasteiger partial charge on any atom is 0.414 e. The number of nitrogens with one attached hydrogen (secondary N) is 1. The summed E-state index contributed by atoms with van der Waals surface area (Å²) in [5.74, 6) is 0. The minimum absolute atomic E-state index is 0.323. The van der Waals surface area contributed by atoms with Crippen molar-refractivity contribution in [3.05, 3.63) is 11.8 Å². The summed E-state index contributed by atoms with van der Waals surface area (Å²) in [7, 11) is -1.15. The van der Waals surface area contributed by atoms with Crippen LogP contribution in [0.1, 0.15) is 48.0 Å². The van der Waals surface area contributed by atoms with Crippen LogP contribution in [0.5, 0.6) is 0 Å². The van der Waals surface area contributed by atoms with Gasteiger partial charge in [0.1, 0.15) is 5.60 Å². The molecule has 0 spiro atoms.